The lowest BCUT2D eigenvalue weighted by molar-refractivity contribution is 0.565. The molecule has 0 aliphatic rings. The molecule has 0 spiro atoms. The number of aryl methyl sites for hydroxylation is 1. The van der Waals surface area contributed by atoms with Crippen molar-refractivity contribution in [3.63, 3.8) is 0 Å². The van der Waals surface area contributed by atoms with Gasteiger partial charge < -0.3 is 4.57 Å². The van der Waals surface area contributed by atoms with Gasteiger partial charge >= 0.3 is 0 Å². The molecule has 0 atom stereocenters. The van der Waals surface area contributed by atoms with Gasteiger partial charge in [-0.2, -0.15) is 0 Å². The molecule has 1 rings (SSSR count). The Kier molecular flexibility index (Phi) is 9.14. The zero-order chi connectivity index (χ0) is 13.9. The normalized spacial score (nSPS) is 11.1. The molecule has 1 aromatic rings. The van der Waals surface area contributed by atoms with E-state index >= 15 is 0 Å². The monoisotopic (exact) mass is 329 g/mol. The summed E-state index contributed by atoms with van der Waals surface area (Å²) in [5.41, 5.74) is 0. The highest BCUT2D eigenvalue weighted by atomic mass is 79.9. The van der Waals surface area contributed by atoms with Gasteiger partial charge in [-0.3, -0.25) is 0 Å². The van der Waals surface area contributed by atoms with Crippen LogP contribution in [0.4, 0.5) is 0 Å². The Morgan fingerprint density at radius 1 is 0.842 bits per heavy atom. The van der Waals surface area contributed by atoms with Crippen molar-refractivity contribution < 1.29 is 0 Å². The fourth-order valence-electron chi connectivity index (χ4n) is 2.38. The van der Waals surface area contributed by atoms with Crippen molar-refractivity contribution in [1.29, 1.82) is 0 Å². The Hall–Kier alpha value is -0.380. The second-order valence-electron chi connectivity index (χ2n) is 5.19. The van der Waals surface area contributed by atoms with E-state index in [-0.39, 0.29) is 0 Å². The minimum absolute atomic E-state index is 0.803. The Balaban J connectivity index is 2.26. The Bertz CT molecular complexity index is 336. The zero-order valence-electron chi connectivity index (χ0n) is 12.5. The van der Waals surface area contributed by atoms with Crippen LogP contribution in [0, 0.1) is 0 Å². The summed E-state index contributed by atoms with van der Waals surface area (Å²) in [6, 6.07) is 0. The summed E-state index contributed by atoms with van der Waals surface area (Å²) in [7, 11) is 0. The molecule has 1 heterocycles. The van der Waals surface area contributed by atoms with Crippen LogP contribution in [0.5, 0.6) is 0 Å². The number of hydrogen-bond acceptors (Lipinski definition) is 2. The van der Waals surface area contributed by atoms with Crippen molar-refractivity contribution in [2.45, 2.75) is 83.5 Å². The fraction of sp³-hybridized carbons (Fsp3) is 0.867. The van der Waals surface area contributed by atoms with E-state index in [1.807, 2.05) is 0 Å². The standard InChI is InChI=1S/C15H28BrN3/c1-3-5-6-7-8-9-10-11-14-17-18-15(13-16)19(14)12-4-2/h3-13H2,1-2H3. The molecule has 0 radical (unpaired) electrons. The van der Waals surface area contributed by atoms with Gasteiger partial charge in [0.05, 0.1) is 5.33 Å². The first kappa shape index (κ1) is 16.7. The molecule has 19 heavy (non-hydrogen) atoms. The molecule has 0 saturated carbocycles. The lowest BCUT2D eigenvalue weighted by Gasteiger charge is -2.07. The second kappa shape index (κ2) is 10.4. The Morgan fingerprint density at radius 3 is 2.11 bits per heavy atom. The number of halogens is 1. The summed E-state index contributed by atoms with van der Waals surface area (Å²) >= 11 is 3.49. The maximum atomic E-state index is 4.34. The van der Waals surface area contributed by atoms with Gasteiger partial charge in [0.2, 0.25) is 0 Å². The number of hydrogen-bond donors (Lipinski definition) is 0. The molecule has 1 aromatic heterocycles. The molecule has 0 aromatic carbocycles. The molecule has 0 amide bonds. The molecule has 0 saturated heterocycles. The van der Waals surface area contributed by atoms with Crippen LogP contribution in [0.25, 0.3) is 0 Å². The van der Waals surface area contributed by atoms with E-state index in [0.29, 0.717) is 0 Å². The van der Waals surface area contributed by atoms with Crippen LogP contribution in [-0.4, -0.2) is 14.8 Å². The maximum Gasteiger partial charge on any atom is 0.143 e. The minimum atomic E-state index is 0.803. The van der Waals surface area contributed by atoms with Crippen molar-refractivity contribution >= 4 is 15.9 Å². The highest BCUT2D eigenvalue weighted by molar-refractivity contribution is 9.08. The third kappa shape index (κ3) is 6.07. The SMILES string of the molecule is CCCCCCCCCc1nnc(CBr)n1CCC. The molecule has 0 N–H and O–H groups in total. The number of aromatic nitrogens is 3. The zero-order valence-corrected chi connectivity index (χ0v) is 14.1. The number of nitrogens with zero attached hydrogens (tertiary/aromatic N) is 3. The predicted molar refractivity (Wildman–Crippen MR) is 84.6 cm³/mol. The summed E-state index contributed by atoms with van der Waals surface area (Å²) in [6.07, 6.45) is 11.7. The molecule has 0 bridgehead atoms. The van der Waals surface area contributed by atoms with Gasteiger partial charge in [-0.25, -0.2) is 0 Å². The molecular weight excluding hydrogens is 302 g/mol. The number of alkyl halides is 1. The van der Waals surface area contributed by atoms with Crippen LogP contribution in [0.1, 0.15) is 76.9 Å². The number of rotatable bonds is 11. The minimum Gasteiger partial charge on any atom is -0.314 e. The molecular formula is C15H28BrN3. The van der Waals surface area contributed by atoms with Crippen molar-refractivity contribution in [2.75, 3.05) is 0 Å². The summed E-state index contributed by atoms with van der Waals surface area (Å²) in [4.78, 5) is 0. The summed E-state index contributed by atoms with van der Waals surface area (Å²) in [6.45, 7) is 5.51. The molecule has 0 fully saturated rings. The third-order valence-electron chi connectivity index (χ3n) is 3.47. The summed E-state index contributed by atoms with van der Waals surface area (Å²) in [5.74, 6) is 2.24. The van der Waals surface area contributed by atoms with Crippen LogP contribution in [0.15, 0.2) is 0 Å². The maximum absolute atomic E-state index is 4.34. The molecule has 0 unspecified atom stereocenters. The van der Waals surface area contributed by atoms with Gasteiger partial charge in [0.1, 0.15) is 11.6 Å². The van der Waals surface area contributed by atoms with Crippen molar-refractivity contribution in [1.82, 2.24) is 14.8 Å². The van der Waals surface area contributed by atoms with Crippen LogP contribution < -0.4 is 0 Å². The van der Waals surface area contributed by atoms with Crippen LogP contribution in [0.3, 0.4) is 0 Å². The third-order valence-corrected chi connectivity index (χ3v) is 3.98. The topological polar surface area (TPSA) is 30.7 Å². The average molecular weight is 330 g/mol. The van der Waals surface area contributed by atoms with Crippen LogP contribution >= 0.6 is 15.9 Å². The van der Waals surface area contributed by atoms with E-state index in [1.165, 1.54) is 50.8 Å². The Labute approximate surface area is 126 Å². The van der Waals surface area contributed by atoms with Crippen molar-refractivity contribution in [3.05, 3.63) is 11.6 Å². The fourth-order valence-corrected chi connectivity index (χ4v) is 2.79. The lowest BCUT2D eigenvalue weighted by Crippen LogP contribution is -2.06. The van der Waals surface area contributed by atoms with Crippen LogP contribution in [0.2, 0.25) is 0 Å². The predicted octanol–water partition coefficient (Wildman–Crippen LogP) is 4.88. The van der Waals surface area contributed by atoms with Gasteiger partial charge in [-0.1, -0.05) is 68.3 Å². The largest absolute Gasteiger partial charge is 0.314 e. The quantitative estimate of drug-likeness (QED) is 0.428. The first-order chi connectivity index (χ1) is 9.33. The highest BCUT2D eigenvalue weighted by Gasteiger charge is 2.09. The van der Waals surface area contributed by atoms with E-state index < -0.39 is 0 Å². The van der Waals surface area contributed by atoms with E-state index in [1.54, 1.807) is 0 Å². The molecule has 4 heteroatoms. The van der Waals surface area contributed by atoms with Gasteiger partial charge in [-0.05, 0) is 12.8 Å². The molecule has 3 nitrogen and oxygen atoms in total. The number of unbranched alkanes of at least 4 members (excludes halogenated alkanes) is 6. The summed E-state index contributed by atoms with van der Waals surface area (Å²) < 4.78 is 2.28. The van der Waals surface area contributed by atoms with Gasteiger partial charge in [0, 0.05) is 13.0 Å². The second-order valence-corrected chi connectivity index (χ2v) is 5.75. The molecule has 0 aliphatic heterocycles. The summed E-state index contributed by atoms with van der Waals surface area (Å²) in [5, 5.41) is 9.40. The Morgan fingerprint density at radius 2 is 1.47 bits per heavy atom. The van der Waals surface area contributed by atoms with Gasteiger partial charge in [0.25, 0.3) is 0 Å². The smallest absolute Gasteiger partial charge is 0.143 e. The lowest BCUT2D eigenvalue weighted by atomic mass is 10.1. The average Bonchev–Trinajstić information content (AvgIpc) is 2.81. The van der Waals surface area contributed by atoms with Crippen LogP contribution in [-0.2, 0) is 18.3 Å². The highest BCUT2D eigenvalue weighted by Crippen LogP contribution is 2.12. The van der Waals surface area contributed by atoms with Crippen molar-refractivity contribution in [2.24, 2.45) is 0 Å². The van der Waals surface area contributed by atoms with E-state index in [4.69, 9.17) is 0 Å². The first-order valence-corrected chi connectivity index (χ1v) is 8.92. The van der Waals surface area contributed by atoms with Gasteiger partial charge in [0.15, 0.2) is 0 Å². The van der Waals surface area contributed by atoms with E-state index in [9.17, 15) is 0 Å². The molecule has 110 valence electrons. The van der Waals surface area contributed by atoms with Gasteiger partial charge in [-0.15, -0.1) is 10.2 Å². The first-order valence-electron chi connectivity index (χ1n) is 7.80. The molecule has 0 aliphatic carbocycles. The van der Waals surface area contributed by atoms with E-state index in [2.05, 4.69) is 44.5 Å². The van der Waals surface area contributed by atoms with E-state index in [0.717, 1.165) is 30.5 Å². The van der Waals surface area contributed by atoms with Crippen molar-refractivity contribution in [3.8, 4) is 0 Å².